The molecule has 1 N–H and O–H groups in total. The zero-order valence-corrected chi connectivity index (χ0v) is 14.8. The standard InChI is InChI=1S/C11H20O2.C9H11N/c1-8(2)10-5-4-9(3)6-11(10)13-7-12;1-2-4-9-7-10-6-5-8(9)3-1/h7-11H,4-6H2,1-3H3;1-4,10H,5-7H2. The van der Waals surface area contributed by atoms with Crippen LogP contribution in [0.1, 0.15) is 51.2 Å². The minimum atomic E-state index is 0.168. The molecule has 1 aliphatic heterocycles. The molecule has 3 heteroatoms. The van der Waals surface area contributed by atoms with Crippen molar-refractivity contribution in [1.82, 2.24) is 5.32 Å². The lowest BCUT2D eigenvalue weighted by Gasteiger charge is -2.35. The number of ether oxygens (including phenoxy) is 1. The maximum absolute atomic E-state index is 10.3. The molecule has 0 amide bonds. The molecule has 1 heterocycles. The number of hydrogen-bond donors (Lipinski definition) is 1. The highest BCUT2D eigenvalue weighted by Gasteiger charge is 2.31. The number of nitrogens with one attached hydrogen (secondary N) is 1. The number of hydrogen-bond acceptors (Lipinski definition) is 3. The number of rotatable bonds is 3. The van der Waals surface area contributed by atoms with Crippen LogP contribution in [0.5, 0.6) is 0 Å². The maximum atomic E-state index is 10.3. The number of benzene rings is 1. The predicted molar refractivity (Wildman–Crippen MR) is 94.1 cm³/mol. The van der Waals surface area contributed by atoms with Gasteiger partial charge in [-0.25, -0.2) is 0 Å². The van der Waals surface area contributed by atoms with Gasteiger partial charge in [0.2, 0.25) is 0 Å². The van der Waals surface area contributed by atoms with Crippen LogP contribution < -0.4 is 5.32 Å². The Morgan fingerprint density at radius 3 is 2.61 bits per heavy atom. The molecule has 1 aromatic rings. The summed E-state index contributed by atoms with van der Waals surface area (Å²) in [5.74, 6) is 1.90. The summed E-state index contributed by atoms with van der Waals surface area (Å²) in [5.41, 5.74) is 2.98. The van der Waals surface area contributed by atoms with Gasteiger partial charge in [0.25, 0.3) is 6.47 Å². The van der Waals surface area contributed by atoms with Crippen LogP contribution in [0.4, 0.5) is 0 Å². The Kier molecular flexibility index (Phi) is 7.10. The van der Waals surface area contributed by atoms with Gasteiger partial charge in [-0.2, -0.15) is 0 Å². The molecule has 3 atom stereocenters. The van der Waals surface area contributed by atoms with Crippen molar-refractivity contribution in [3.63, 3.8) is 0 Å². The lowest BCUT2D eigenvalue weighted by atomic mass is 9.75. The second-order valence-corrected chi connectivity index (χ2v) is 7.29. The van der Waals surface area contributed by atoms with Gasteiger partial charge in [0.05, 0.1) is 0 Å². The van der Waals surface area contributed by atoms with Crippen LogP contribution in [-0.2, 0) is 22.5 Å². The van der Waals surface area contributed by atoms with Gasteiger partial charge in [-0.05, 0) is 54.7 Å². The Balaban J connectivity index is 0.000000172. The van der Waals surface area contributed by atoms with E-state index in [0.717, 1.165) is 19.5 Å². The number of carbonyl (C=O) groups is 1. The van der Waals surface area contributed by atoms with E-state index in [1.54, 1.807) is 0 Å². The molecule has 3 rings (SSSR count). The smallest absolute Gasteiger partial charge is 0.293 e. The van der Waals surface area contributed by atoms with Crippen LogP contribution >= 0.6 is 0 Å². The quantitative estimate of drug-likeness (QED) is 0.858. The van der Waals surface area contributed by atoms with Gasteiger partial charge in [-0.15, -0.1) is 0 Å². The van der Waals surface area contributed by atoms with Crippen molar-refractivity contribution in [1.29, 1.82) is 0 Å². The van der Waals surface area contributed by atoms with Crippen LogP contribution in [0, 0.1) is 17.8 Å². The molecule has 0 aromatic heterocycles. The van der Waals surface area contributed by atoms with Crippen LogP contribution in [0.15, 0.2) is 24.3 Å². The Hall–Kier alpha value is -1.35. The largest absolute Gasteiger partial charge is 0.464 e. The average molecular weight is 317 g/mol. The van der Waals surface area contributed by atoms with E-state index in [4.69, 9.17) is 4.74 Å². The van der Waals surface area contributed by atoms with Gasteiger partial charge in [-0.1, -0.05) is 51.5 Å². The molecule has 128 valence electrons. The maximum Gasteiger partial charge on any atom is 0.293 e. The molecular weight excluding hydrogens is 286 g/mol. The molecule has 1 saturated carbocycles. The van der Waals surface area contributed by atoms with Crippen molar-refractivity contribution < 1.29 is 9.53 Å². The Morgan fingerprint density at radius 1 is 1.22 bits per heavy atom. The predicted octanol–water partition coefficient (Wildman–Crippen LogP) is 3.95. The molecule has 2 aliphatic rings. The second kappa shape index (κ2) is 9.07. The monoisotopic (exact) mass is 317 g/mol. The first-order chi connectivity index (χ1) is 11.1. The van der Waals surface area contributed by atoms with Crippen LogP contribution in [0.2, 0.25) is 0 Å². The summed E-state index contributed by atoms with van der Waals surface area (Å²) in [7, 11) is 0. The van der Waals surface area contributed by atoms with Crippen molar-refractivity contribution in [3.05, 3.63) is 35.4 Å². The van der Waals surface area contributed by atoms with E-state index in [1.165, 1.54) is 30.4 Å². The van der Waals surface area contributed by atoms with E-state index in [9.17, 15) is 4.79 Å². The first kappa shape index (κ1) is 18.0. The summed E-state index contributed by atoms with van der Waals surface area (Å²) in [6.07, 6.45) is 4.89. The summed E-state index contributed by atoms with van der Waals surface area (Å²) in [4.78, 5) is 10.3. The van der Waals surface area contributed by atoms with Crippen molar-refractivity contribution in [2.45, 2.75) is 59.1 Å². The molecule has 1 aliphatic carbocycles. The van der Waals surface area contributed by atoms with Gasteiger partial charge in [0.1, 0.15) is 6.10 Å². The van der Waals surface area contributed by atoms with Crippen LogP contribution in [0.3, 0.4) is 0 Å². The van der Waals surface area contributed by atoms with Crippen LogP contribution in [-0.4, -0.2) is 19.1 Å². The van der Waals surface area contributed by atoms with Crippen LogP contribution in [0.25, 0.3) is 0 Å². The van der Waals surface area contributed by atoms with E-state index in [-0.39, 0.29) is 6.10 Å². The lowest BCUT2D eigenvalue weighted by Crippen LogP contribution is -2.33. The van der Waals surface area contributed by atoms with Gasteiger partial charge >= 0.3 is 0 Å². The minimum Gasteiger partial charge on any atom is -0.464 e. The molecule has 1 fully saturated rings. The van der Waals surface area contributed by atoms with Crippen molar-refractivity contribution >= 4 is 6.47 Å². The third-order valence-corrected chi connectivity index (χ3v) is 5.20. The van der Waals surface area contributed by atoms with E-state index in [0.29, 0.717) is 24.2 Å². The third-order valence-electron chi connectivity index (χ3n) is 5.20. The molecule has 0 spiro atoms. The Bertz CT molecular complexity index is 461. The summed E-state index contributed by atoms with van der Waals surface area (Å²) in [6.45, 7) is 9.45. The molecular formula is C20H31NO2. The SMILES string of the molecule is CC1CCC(C(C)C)C(OC=O)C1.c1ccc2c(c1)CCNC2. The zero-order chi connectivity index (χ0) is 16.7. The van der Waals surface area contributed by atoms with Gasteiger partial charge in [-0.3, -0.25) is 4.79 Å². The Morgan fingerprint density at radius 2 is 1.96 bits per heavy atom. The summed E-state index contributed by atoms with van der Waals surface area (Å²) < 4.78 is 5.15. The minimum absolute atomic E-state index is 0.168. The topological polar surface area (TPSA) is 38.3 Å². The molecule has 23 heavy (non-hydrogen) atoms. The van der Waals surface area contributed by atoms with Crippen molar-refractivity contribution in [2.24, 2.45) is 17.8 Å². The zero-order valence-electron chi connectivity index (χ0n) is 14.8. The lowest BCUT2D eigenvalue weighted by molar-refractivity contribution is -0.140. The average Bonchev–Trinajstić information content (AvgIpc) is 2.56. The first-order valence-corrected chi connectivity index (χ1v) is 8.98. The normalized spacial score (nSPS) is 26.7. The highest BCUT2D eigenvalue weighted by Crippen LogP contribution is 2.34. The third kappa shape index (κ3) is 5.35. The second-order valence-electron chi connectivity index (χ2n) is 7.29. The van der Waals surface area contributed by atoms with Gasteiger partial charge in [0.15, 0.2) is 0 Å². The van der Waals surface area contributed by atoms with Crippen molar-refractivity contribution in [3.8, 4) is 0 Å². The van der Waals surface area contributed by atoms with E-state index in [1.807, 2.05) is 0 Å². The van der Waals surface area contributed by atoms with E-state index in [2.05, 4.69) is 50.4 Å². The highest BCUT2D eigenvalue weighted by atomic mass is 16.5. The van der Waals surface area contributed by atoms with E-state index < -0.39 is 0 Å². The number of carbonyl (C=O) groups excluding carboxylic acids is 1. The first-order valence-electron chi connectivity index (χ1n) is 8.98. The fraction of sp³-hybridized carbons (Fsp3) is 0.650. The molecule has 0 saturated heterocycles. The highest BCUT2D eigenvalue weighted by molar-refractivity contribution is 5.37. The molecule has 1 aromatic carbocycles. The van der Waals surface area contributed by atoms with Crippen molar-refractivity contribution in [2.75, 3.05) is 6.54 Å². The fourth-order valence-corrected chi connectivity index (χ4v) is 3.76. The molecule has 0 radical (unpaired) electrons. The molecule has 3 unspecified atom stereocenters. The van der Waals surface area contributed by atoms with E-state index >= 15 is 0 Å². The van der Waals surface area contributed by atoms with Gasteiger partial charge < -0.3 is 10.1 Å². The summed E-state index contributed by atoms with van der Waals surface area (Å²) >= 11 is 0. The van der Waals surface area contributed by atoms with Gasteiger partial charge in [0, 0.05) is 6.54 Å². The summed E-state index contributed by atoms with van der Waals surface area (Å²) in [6, 6.07) is 8.63. The molecule has 3 nitrogen and oxygen atoms in total. The number of fused-ring (bicyclic) bond motifs is 1. The molecule has 0 bridgehead atoms. The summed E-state index contributed by atoms with van der Waals surface area (Å²) in [5, 5.41) is 3.34. The fourth-order valence-electron chi connectivity index (χ4n) is 3.76. The Labute approximate surface area is 140 Å².